The number of nitrogens with zero attached hydrogens (tertiary/aromatic N) is 4. The summed E-state index contributed by atoms with van der Waals surface area (Å²) in [6.45, 7) is 1.13. The molecule has 2 bridgehead atoms. The maximum atomic E-state index is 13.5. The van der Waals surface area contributed by atoms with Gasteiger partial charge in [0.25, 0.3) is 10.2 Å². The first-order valence-corrected chi connectivity index (χ1v) is 13.8. The number of amides is 2. The number of halogens is 3. The zero-order chi connectivity index (χ0) is 26.5. The Morgan fingerprint density at radius 3 is 2.43 bits per heavy atom. The van der Waals surface area contributed by atoms with Gasteiger partial charge in [-0.3, -0.25) is 9.59 Å². The molecule has 4 atom stereocenters. The van der Waals surface area contributed by atoms with Gasteiger partial charge in [-0.05, 0) is 49.3 Å². The Morgan fingerprint density at radius 2 is 1.81 bits per heavy atom. The monoisotopic (exact) mass is 539 g/mol. The lowest BCUT2D eigenvalue weighted by atomic mass is 9.97. The number of likely N-dealkylation sites (tertiary alicyclic amines) is 1. The Morgan fingerprint density at radius 1 is 1.11 bits per heavy atom. The molecule has 1 N–H and O–H groups in total. The molecule has 1 aliphatic carbocycles. The van der Waals surface area contributed by atoms with Gasteiger partial charge in [0, 0.05) is 38.8 Å². The van der Waals surface area contributed by atoms with Crippen molar-refractivity contribution in [1.29, 1.82) is 5.26 Å². The summed E-state index contributed by atoms with van der Waals surface area (Å²) in [5, 5.41) is 11.7. The quantitative estimate of drug-likeness (QED) is 0.592. The van der Waals surface area contributed by atoms with Crippen LogP contribution < -0.4 is 5.32 Å². The van der Waals surface area contributed by atoms with E-state index in [4.69, 9.17) is 5.26 Å². The molecule has 0 aromatic heterocycles. The zero-order valence-corrected chi connectivity index (χ0v) is 20.8. The third-order valence-electron chi connectivity index (χ3n) is 7.99. The first-order chi connectivity index (χ1) is 17.5. The number of hydrogen-bond acceptors (Lipinski definition) is 5. The lowest BCUT2D eigenvalue weighted by Gasteiger charge is -2.41. The van der Waals surface area contributed by atoms with E-state index in [1.807, 2.05) is 0 Å². The van der Waals surface area contributed by atoms with E-state index >= 15 is 0 Å². The van der Waals surface area contributed by atoms with Crippen molar-refractivity contribution < 1.29 is 31.2 Å². The van der Waals surface area contributed by atoms with E-state index in [1.165, 1.54) is 25.6 Å². The second-order valence-electron chi connectivity index (χ2n) is 10.3. The highest BCUT2D eigenvalue weighted by Gasteiger charge is 2.55. The number of carbonyl (C=O) groups excluding carboxylic acids is 2. The van der Waals surface area contributed by atoms with Gasteiger partial charge in [0.2, 0.25) is 11.8 Å². The van der Waals surface area contributed by atoms with E-state index in [0.29, 0.717) is 44.3 Å². The Hall–Kier alpha value is -2.69. The van der Waals surface area contributed by atoms with Crippen molar-refractivity contribution in [3.63, 3.8) is 0 Å². The highest BCUT2D eigenvalue weighted by atomic mass is 32.2. The van der Waals surface area contributed by atoms with Crippen molar-refractivity contribution in [2.75, 3.05) is 26.2 Å². The van der Waals surface area contributed by atoms with Gasteiger partial charge in [-0.2, -0.15) is 35.5 Å². The Bertz CT molecular complexity index is 1210. The maximum Gasteiger partial charge on any atom is 0.416 e. The molecule has 5 rings (SSSR count). The molecule has 3 heterocycles. The number of nitriles is 1. The molecule has 37 heavy (non-hydrogen) atoms. The van der Waals surface area contributed by atoms with Crippen LogP contribution in [0, 0.1) is 29.1 Å². The van der Waals surface area contributed by atoms with Crippen LogP contribution >= 0.6 is 0 Å². The smallest absolute Gasteiger partial charge is 0.350 e. The maximum absolute atomic E-state index is 13.5. The molecule has 9 nitrogen and oxygen atoms in total. The largest absolute Gasteiger partial charge is 0.416 e. The number of hydrogen-bond donors (Lipinski definition) is 1. The predicted molar refractivity (Wildman–Crippen MR) is 124 cm³/mol. The molecule has 4 aliphatic rings. The van der Waals surface area contributed by atoms with E-state index in [2.05, 4.69) is 11.4 Å². The topological polar surface area (TPSA) is 114 Å². The van der Waals surface area contributed by atoms with Crippen LogP contribution in [0.2, 0.25) is 0 Å². The van der Waals surface area contributed by atoms with Gasteiger partial charge in [-0.15, -0.1) is 0 Å². The van der Waals surface area contributed by atoms with E-state index < -0.39 is 40.0 Å². The Balaban J connectivity index is 1.21. The van der Waals surface area contributed by atoms with Crippen LogP contribution in [0.3, 0.4) is 0 Å². The summed E-state index contributed by atoms with van der Waals surface area (Å²) in [4.78, 5) is 28.0. The van der Waals surface area contributed by atoms with Crippen LogP contribution in [0.1, 0.15) is 36.8 Å². The second-order valence-corrected chi connectivity index (χ2v) is 12.2. The number of nitrogens with one attached hydrogen (secondary N) is 1. The number of fused-ring (bicyclic) bond motifs is 2. The predicted octanol–water partition coefficient (Wildman–Crippen LogP) is 1.72. The summed E-state index contributed by atoms with van der Waals surface area (Å²) in [6, 6.07) is 5.45. The Labute approximate surface area is 213 Å². The highest BCUT2D eigenvalue weighted by molar-refractivity contribution is 7.86. The first-order valence-electron chi connectivity index (χ1n) is 12.4. The number of piperidine rings is 1. The summed E-state index contributed by atoms with van der Waals surface area (Å²) in [5.74, 6) is -1.35. The fourth-order valence-electron chi connectivity index (χ4n) is 6.00. The average molecular weight is 540 g/mol. The first kappa shape index (κ1) is 25.9. The third kappa shape index (κ3) is 4.82. The third-order valence-corrected chi connectivity index (χ3v) is 9.95. The minimum absolute atomic E-state index is 0.0369. The van der Waals surface area contributed by atoms with Gasteiger partial charge < -0.3 is 10.2 Å². The molecule has 1 aromatic rings. The molecule has 4 fully saturated rings. The van der Waals surface area contributed by atoms with Crippen LogP contribution in [-0.2, 0) is 32.5 Å². The summed E-state index contributed by atoms with van der Waals surface area (Å²) >= 11 is 0. The molecule has 1 saturated carbocycles. The van der Waals surface area contributed by atoms with Gasteiger partial charge >= 0.3 is 6.18 Å². The summed E-state index contributed by atoms with van der Waals surface area (Å²) in [7, 11) is -3.75. The van der Waals surface area contributed by atoms with Gasteiger partial charge in [-0.25, -0.2) is 0 Å². The number of alkyl halides is 3. The van der Waals surface area contributed by atoms with E-state index in [0.717, 1.165) is 12.1 Å². The van der Waals surface area contributed by atoms with Crippen LogP contribution in [0.15, 0.2) is 24.3 Å². The molecule has 13 heteroatoms. The second kappa shape index (κ2) is 9.56. The van der Waals surface area contributed by atoms with Crippen molar-refractivity contribution in [2.24, 2.45) is 17.8 Å². The van der Waals surface area contributed by atoms with Gasteiger partial charge in [0.05, 0.1) is 23.5 Å². The average Bonchev–Trinajstić information content (AvgIpc) is 3.57. The minimum atomic E-state index is -4.44. The van der Waals surface area contributed by atoms with Crippen molar-refractivity contribution >= 4 is 22.0 Å². The molecule has 3 aliphatic heterocycles. The minimum Gasteiger partial charge on any atom is -0.350 e. The Kier molecular flexibility index (Phi) is 6.70. The van der Waals surface area contributed by atoms with Gasteiger partial charge in [0.15, 0.2) is 0 Å². The van der Waals surface area contributed by atoms with Crippen molar-refractivity contribution in [2.45, 2.75) is 50.5 Å². The lowest BCUT2D eigenvalue weighted by molar-refractivity contribution is -0.143. The molecule has 0 spiro atoms. The lowest BCUT2D eigenvalue weighted by Crippen LogP contribution is -2.58. The van der Waals surface area contributed by atoms with Gasteiger partial charge in [0.1, 0.15) is 6.04 Å². The van der Waals surface area contributed by atoms with Crippen LogP contribution in [0.4, 0.5) is 13.2 Å². The van der Waals surface area contributed by atoms with E-state index in [1.54, 1.807) is 0 Å². The number of benzene rings is 1. The molecular formula is C24H28F3N5O4S. The standard InChI is InChI=1S/C24H28F3N5O4S/c25-24(26,27)18-5-3-15(4-6-18)11-29-22(33)20-2-1-7-31(20)23(34)19-8-16-9-21(19)32(14-16)37(35,36)30-12-17(10-28)13-30/h3-6,16-17,19-21H,1-2,7-9,11-14H2,(H,29,33)/t16-,19-,20-,21-/m1/s1. The van der Waals surface area contributed by atoms with Gasteiger partial charge in [-0.1, -0.05) is 12.1 Å². The van der Waals surface area contributed by atoms with E-state index in [-0.39, 0.29) is 43.3 Å². The van der Waals surface area contributed by atoms with Crippen molar-refractivity contribution in [1.82, 2.24) is 18.8 Å². The molecule has 1 aromatic carbocycles. The summed E-state index contributed by atoms with van der Waals surface area (Å²) in [5.41, 5.74) is -0.258. The van der Waals surface area contributed by atoms with E-state index in [9.17, 15) is 31.2 Å². The van der Waals surface area contributed by atoms with Crippen LogP contribution in [0.5, 0.6) is 0 Å². The zero-order valence-electron chi connectivity index (χ0n) is 20.0. The summed E-state index contributed by atoms with van der Waals surface area (Å²) < 4.78 is 67.2. The normalized spacial score (nSPS) is 28.8. The fourth-order valence-corrected chi connectivity index (χ4v) is 8.00. The number of rotatable bonds is 6. The molecular weight excluding hydrogens is 511 g/mol. The molecule has 3 saturated heterocycles. The molecule has 0 radical (unpaired) electrons. The molecule has 200 valence electrons. The summed E-state index contributed by atoms with van der Waals surface area (Å²) in [6.07, 6.45) is -2.15. The highest BCUT2D eigenvalue weighted by Crippen LogP contribution is 2.45. The van der Waals surface area contributed by atoms with Crippen LogP contribution in [-0.4, -0.2) is 72.0 Å². The SMILES string of the molecule is N#CC1CN(S(=O)(=O)N2C[C@H]3C[C@@H]2[C@H](C(=O)N2CCC[C@@H]2C(=O)NCc2ccc(C(F)(F)F)cc2)C3)C1. The van der Waals surface area contributed by atoms with Crippen molar-refractivity contribution in [3.05, 3.63) is 35.4 Å². The number of carbonyl (C=O) groups is 2. The fraction of sp³-hybridized carbons (Fsp3) is 0.625. The van der Waals surface area contributed by atoms with Crippen LogP contribution in [0.25, 0.3) is 0 Å². The molecule has 0 unspecified atom stereocenters. The van der Waals surface area contributed by atoms with Crippen molar-refractivity contribution in [3.8, 4) is 6.07 Å². The molecule has 2 amide bonds.